The average Bonchev–Trinajstić information content (AvgIpc) is 2.45. The van der Waals surface area contributed by atoms with Gasteiger partial charge in [-0.2, -0.15) is 0 Å². The maximum atomic E-state index is 10.8. The van der Waals surface area contributed by atoms with Gasteiger partial charge < -0.3 is 4.55 Å². The van der Waals surface area contributed by atoms with Crippen molar-refractivity contribution in [2.45, 2.75) is 49.7 Å². The molecule has 0 aliphatic rings. The summed E-state index contributed by atoms with van der Waals surface area (Å²) in [4.78, 5) is 1.17. The van der Waals surface area contributed by atoms with E-state index in [1.54, 1.807) is 26.0 Å². The molecule has 0 aliphatic heterocycles. The molecule has 0 amide bonds. The van der Waals surface area contributed by atoms with Crippen molar-refractivity contribution < 1.29 is 13.0 Å². The molecule has 4 nitrogen and oxygen atoms in total. The third kappa shape index (κ3) is 5.94. The fourth-order valence-electron chi connectivity index (χ4n) is 2.41. The van der Waals surface area contributed by atoms with Crippen LogP contribution in [0.15, 0.2) is 52.3 Å². The lowest BCUT2D eigenvalue weighted by Gasteiger charge is -2.14. The first-order valence-corrected chi connectivity index (χ1v) is 10.4. The molecule has 1 atom stereocenters. The third-order valence-corrected chi connectivity index (χ3v) is 6.35. The highest BCUT2D eigenvalue weighted by atomic mass is 32.2. The van der Waals surface area contributed by atoms with E-state index in [2.05, 4.69) is 26.0 Å². The molecule has 0 bridgehead atoms. The van der Waals surface area contributed by atoms with Gasteiger partial charge in [-0.25, -0.2) is 8.42 Å². The zero-order chi connectivity index (χ0) is 18.5. The van der Waals surface area contributed by atoms with Crippen LogP contribution in [-0.4, -0.2) is 18.2 Å². The lowest BCUT2D eigenvalue weighted by Crippen LogP contribution is -2.23. The van der Waals surface area contributed by atoms with Crippen molar-refractivity contribution in [2.75, 3.05) is 0 Å². The molecule has 0 saturated heterocycles. The first kappa shape index (κ1) is 20.7. The summed E-state index contributed by atoms with van der Waals surface area (Å²) in [5, 5.41) is 6.50. The van der Waals surface area contributed by atoms with Crippen LogP contribution in [0.25, 0.3) is 0 Å². The highest BCUT2D eigenvalue weighted by Crippen LogP contribution is 2.20. The van der Waals surface area contributed by atoms with Gasteiger partial charge in [0.25, 0.3) is 0 Å². The minimum atomic E-state index is -4.33. The smallest absolute Gasteiger partial charge is 0.175 e. The van der Waals surface area contributed by atoms with Crippen LogP contribution in [0.2, 0.25) is 0 Å². The molecule has 0 radical (unpaired) electrons. The van der Waals surface area contributed by atoms with Gasteiger partial charge in [-0.1, -0.05) is 35.9 Å². The number of aryl methyl sites for hydroxylation is 3. The Labute approximate surface area is 148 Å². The molecule has 132 valence electrons. The Hall–Kier alpha value is -1.34. The van der Waals surface area contributed by atoms with Crippen molar-refractivity contribution in [3.8, 4) is 0 Å². The van der Waals surface area contributed by atoms with Gasteiger partial charge >= 0.3 is 0 Å². The minimum Gasteiger partial charge on any atom is -0.744 e. The van der Waals surface area contributed by atoms with Crippen molar-refractivity contribution in [2.24, 2.45) is 5.14 Å². The molecule has 0 saturated carbocycles. The minimum absolute atomic E-state index is 0.0851. The summed E-state index contributed by atoms with van der Waals surface area (Å²) in [7, 11) is -4.33. The quantitative estimate of drug-likeness (QED) is 0.665. The van der Waals surface area contributed by atoms with Crippen molar-refractivity contribution in [1.82, 2.24) is 0 Å². The van der Waals surface area contributed by atoms with Gasteiger partial charge in [0, 0.05) is 0 Å². The van der Waals surface area contributed by atoms with E-state index in [1.807, 2.05) is 25.1 Å². The molecule has 2 N–H and O–H groups in total. The Morgan fingerprint density at radius 2 is 1.46 bits per heavy atom. The van der Waals surface area contributed by atoms with E-state index in [-0.39, 0.29) is 16.0 Å². The highest BCUT2D eigenvalue weighted by molar-refractivity contribution is 7.95. The van der Waals surface area contributed by atoms with Crippen molar-refractivity contribution >= 4 is 21.2 Å². The molecular formula is C18H25NO3S2. The molecule has 2 rings (SSSR count). The first-order chi connectivity index (χ1) is 11.0. The second-order valence-electron chi connectivity index (χ2n) is 5.92. The molecule has 0 heterocycles. The standard InChI is InChI=1S/C9H14NS.C9H12O3S/c1-8(2)11(10)9-6-4-3-5-7-9;1-6-4-7(2)9(8(3)5-6)13(10,11)12/h3-8H,10H2,1-2H3;4-5H,1-3H3,(H,10,11,12)/q+1;/p-1. The van der Waals surface area contributed by atoms with Gasteiger partial charge in [-0.15, -0.1) is 5.14 Å². The number of nitrogens with two attached hydrogens (primary N) is 1. The van der Waals surface area contributed by atoms with Crippen LogP contribution >= 0.6 is 0 Å². The molecule has 0 fully saturated rings. The normalized spacial score (nSPS) is 12.5. The molecule has 0 spiro atoms. The van der Waals surface area contributed by atoms with Gasteiger partial charge in [0.05, 0.1) is 4.90 Å². The van der Waals surface area contributed by atoms with E-state index >= 15 is 0 Å². The lowest BCUT2D eigenvalue weighted by atomic mass is 10.1. The summed E-state index contributed by atoms with van der Waals surface area (Å²) in [5.74, 6) is 0. The zero-order valence-electron chi connectivity index (χ0n) is 14.7. The molecule has 0 aromatic heterocycles. The summed E-state index contributed by atoms with van der Waals surface area (Å²) >= 11 is -0.0851. The number of rotatable bonds is 3. The Kier molecular flexibility index (Phi) is 7.48. The summed E-state index contributed by atoms with van der Waals surface area (Å²) < 4.78 is 32.5. The van der Waals surface area contributed by atoms with Gasteiger partial charge in [0.1, 0.15) is 26.4 Å². The van der Waals surface area contributed by atoms with Crippen molar-refractivity contribution in [3.63, 3.8) is 0 Å². The monoisotopic (exact) mass is 367 g/mol. The lowest BCUT2D eigenvalue weighted by molar-refractivity contribution is 0.462. The molecule has 0 aliphatic carbocycles. The predicted octanol–water partition coefficient (Wildman–Crippen LogP) is 3.46. The van der Waals surface area contributed by atoms with E-state index in [9.17, 15) is 13.0 Å². The van der Waals surface area contributed by atoms with E-state index < -0.39 is 10.1 Å². The van der Waals surface area contributed by atoms with Gasteiger partial charge in [0.15, 0.2) is 4.90 Å². The van der Waals surface area contributed by atoms with Crippen molar-refractivity contribution in [1.29, 1.82) is 0 Å². The van der Waals surface area contributed by atoms with Crippen molar-refractivity contribution in [3.05, 3.63) is 59.2 Å². The van der Waals surface area contributed by atoms with E-state index in [0.717, 1.165) is 5.56 Å². The SMILES string of the molecule is CC(C)[S+](N)c1ccccc1.Cc1cc(C)c(S(=O)(=O)[O-])c(C)c1. The largest absolute Gasteiger partial charge is 0.744 e. The second kappa shape index (κ2) is 8.67. The van der Waals surface area contributed by atoms with Crippen LogP contribution in [0.3, 0.4) is 0 Å². The van der Waals surface area contributed by atoms with Gasteiger partial charge in [0.2, 0.25) is 0 Å². The summed E-state index contributed by atoms with van der Waals surface area (Å²) in [6.45, 7) is 9.42. The van der Waals surface area contributed by atoms with E-state index in [0.29, 0.717) is 16.4 Å². The fourth-order valence-corrected chi connectivity index (χ4v) is 4.33. The maximum absolute atomic E-state index is 10.8. The second-order valence-corrected chi connectivity index (χ2v) is 9.39. The number of benzene rings is 2. The predicted molar refractivity (Wildman–Crippen MR) is 100 cm³/mol. The van der Waals surface area contributed by atoms with Crippen LogP contribution in [0.4, 0.5) is 0 Å². The Balaban J connectivity index is 0.000000243. The Morgan fingerprint density at radius 1 is 1.00 bits per heavy atom. The van der Waals surface area contributed by atoms with Crippen LogP contribution in [0.5, 0.6) is 0 Å². The zero-order valence-corrected chi connectivity index (χ0v) is 16.4. The topological polar surface area (TPSA) is 83.2 Å². The highest BCUT2D eigenvalue weighted by Gasteiger charge is 2.20. The number of hydrogen-bond acceptors (Lipinski definition) is 4. The molecule has 6 heteroatoms. The summed E-state index contributed by atoms with van der Waals surface area (Å²) in [6.07, 6.45) is 0. The van der Waals surface area contributed by atoms with E-state index in [4.69, 9.17) is 5.14 Å². The van der Waals surface area contributed by atoms with Gasteiger partial charge in [-0.3, -0.25) is 0 Å². The maximum Gasteiger partial charge on any atom is 0.175 e. The summed E-state index contributed by atoms with van der Waals surface area (Å²) in [5.41, 5.74) is 2.00. The summed E-state index contributed by atoms with van der Waals surface area (Å²) in [6, 6.07) is 13.6. The first-order valence-electron chi connectivity index (χ1n) is 7.60. The Morgan fingerprint density at radius 3 is 1.83 bits per heavy atom. The van der Waals surface area contributed by atoms with Gasteiger partial charge in [-0.05, 0) is 57.9 Å². The molecule has 24 heavy (non-hydrogen) atoms. The van der Waals surface area contributed by atoms with Crippen LogP contribution in [-0.2, 0) is 21.2 Å². The molecular weight excluding hydrogens is 342 g/mol. The van der Waals surface area contributed by atoms with Crippen LogP contribution < -0.4 is 5.14 Å². The number of hydrogen-bond donors (Lipinski definition) is 1. The molecule has 2 aromatic carbocycles. The Bertz CT molecular complexity index is 749. The average molecular weight is 368 g/mol. The van der Waals surface area contributed by atoms with Crippen LogP contribution in [0.1, 0.15) is 30.5 Å². The molecule has 1 unspecified atom stereocenters. The third-order valence-electron chi connectivity index (χ3n) is 3.38. The fraction of sp³-hybridized carbons (Fsp3) is 0.333. The van der Waals surface area contributed by atoms with E-state index in [1.165, 1.54) is 4.90 Å². The molecule has 2 aromatic rings. The van der Waals surface area contributed by atoms with Crippen LogP contribution in [0, 0.1) is 20.8 Å².